The minimum atomic E-state index is -0.651. The van der Waals surface area contributed by atoms with Gasteiger partial charge in [-0.15, -0.1) is 23.5 Å². The fourth-order valence-electron chi connectivity index (χ4n) is 4.79. The average molecular weight is 573 g/mol. The third-order valence-electron chi connectivity index (χ3n) is 6.93. The van der Waals surface area contributed by atoms with Gasteiger partial charge >= 0.3 is 0 Å². The van der Waals surface area contributed by atoms with Crippen LogP contribution in [-0.4, -0.2) is 56.0 Å². The SMILES string of the molecule is CCn1c(=O)c2c(c(=O)n1CC)SCC(=O)[C@H](Cc1c[nH]c3ccccc13)NN[C@@H](CCCCN)C(=O)CS2. The largest absolute Gasteiger partial charge is 0.361 e. The molecule has 0 aliphatic carbocycles. The zero-order valence-corrected chi connectivity index (χ0v) is 24.0. The van der Waals surface area contributed by atoms with Crippen LogP contribution in [0.4, 0.5) is 0 Å². The van der Waals surface area contributed by atoms with E-state index < -0.39 is 12.1 Å². The van der Waals surface area contributed by atoms with Crippen LogP contribution in [0.15, 0.2) is 49.8 Å². The molecule has 0 saturated carbocycles. The first-order valence-electron chi connectivity index (χ1n) is 13.3. The average Bonchev–Trinajstić information content (AvgIpc) is 3.35. The molecule has 0 amide bonds. The van der Waals surface area contributed by atoms with E-state index in [2.05, 4.69) is 15.8 Å². The van der Waals surface area contributed by atoms with E-state index in [1.807, 2.05) is 30.5 Å². The summed E-state index contributed by atoms with van der Waals surface area (Å²) in [4.78, 5) is 57.5. The van der Waals surface area contributed by atoms with Crippen molar-refractivity contribution < 1.29 is 9.59 Å². The molecule has 4 rings (SSSR count). The lowest BCUT2D eigenvalue weighted by atomic mass is 10.0. The van der Waals surface area contributed by atoms with Crippen molar-refractivity contribution in [3.8, 4) is 0 Å². The number of Topliss-reactive ketones (excluding diaryl/α,β-unsaturated/α-hetero) is 2. The topological polar surface area (TPSA) is 144 Å². The maximum Gasteiger partial charge on any atom is 0.280 e. The number of hydrogen-bond donors (Lipinski definition) is 4. The molecule has 2 aromatic heterocycles. The van der Waals surface area contributed by atoms with Gasteiger partial charge in [0.05, 0.1) is 33.4 Å². The van der Waals surface area contributed by atoms with Gasteiger partial charge in [-0.1, -0.05) is 24.6 Å². The molecule has 0 radical (unpaired) electrons. The molecule has 39 heavy (non-hydrogen) atoms. The number of aromatic amines is 1. The van der Waals surface area contributed by atoms with Crippen LogP contribution >= 0.6 is 23.5 Å². The van der Waals surface area contributed by atoms with Gasteiger partial charge in [0.25, 0.3) is 11.1 Å². The Morgan fingerprint density at radius 3 is 2.08 bits per heavy atom. The number of rotatable bonds is 8. The molecule has 1 aliphatic heterocycles. The fraction of sp³-hybridized carbons (Fsp3) is 0.481. The van der Waals surface area contributed by atoms with E-state index in [-0.39, 0.29) is 44.0 Å². The van der Waals surface area contributed by atoms with Gasteiger partial charge in [-0.2, -0.15) is 0 Å². The molecular formula is C27H36N6O4S2. The summed E-state index contributed by atoms with van der Waals surface area (Å²) in [5.41, 5.74) is 13.3. The van der Waals surface area contributed by atoms with Crippen molar-refractivity contribution in [1.82, 2.24) is 25.2 Å². The number of benzene rings is 1. The van der Waals surface area contributed by atoms with Crippen molar-refractivity contribution in [2.24, 2.45) is 5.73 Å². The second-order valence-electron chi connectivity index (χ2n) is 9.45. The third kappa shape index (κ3) is 6.58. The third-order valence-corrected chi connectivity index (χ3v) is 9.25. The number of nitrogens with zero attached hydrogens (tertiary/aromatic N) is 2. The van der Waals surface area contributed by atoms with E-state index in [9.17, 15) is 19.2 Å². The van der Waals surface area contributed by atoms with Gasteiger partial charge < -0.3 is 10.7 Å². The van der Waals surface area contributed by atoms with Crippen LogP contribution in [0, 0.1) is 0 Å². The van der Waals surface area contributed by atoms with E-state index >= 15 is 0 Å². The van der Waals surface area contributed by atoms with E-state index in [0.29, 0.717) is 32.5 Å². The Balaban J connectivity index is 1.72. The molecule has 12 heteroatoms. The van der Waals surface area contributed by atoms with Gasteiger partial charge in [-0.3, -0.25) is 19.2 Å². The molecule has 3 heterocycles. The number of nitrogens with one attached hydrogen (secondary N) is 3. The summed E-state index contributed by atoms with van der Waals surface area (Å²) in [6, 6.07) is 6.66. The zero-order chi connectivity index (χ0) is 27.9. The highest BCUT2D eigenvalue weighted by Gasteiger charge is 2.28. The van der Waals surface area contributed by atoms with Crippen LogP contribution in [0.3, 0.4) is 0 Å². The smallest absolute Gasteiger partial charge is 0.280 e. The van der Waals surface area contributed by atoms with Crippen LogP contribution in [0.2, 0.25) is 0 Å². The number of ketones is 2. The summed E-state index contributed by atoms with van der Waals surface area (Å²) < 4.78 is 2.82. The van der Waals surface area contributed by atoms with Crippen LogP contribution in [0.25, 0.3) is 10.9 Å². The predicted molar refractivity (Wildman–Crippen MR) is 157 cm³/mol. The van der Waals surface area contributed by atoms with Gasteiger partial charge in [0.15, 0.2) is 11.6 Å². The summed E-state index contributed by atoms with van der Waals surface area (Å²) in [5.74, 6) is -0.202. The van der Waals surface area contributed by atoms with Gasteiger partial charge in [0, 0.05) is 30.2 Å². The summed E-state index contributed by atoms with van der Waals surface area (Å²) in [6.45, 7) is 4.79. The van der Waals surface area contributed by atoms with E-state index in [0.717, 1.165) is 52.8 Å². The quantitative estimate of drug-likeness (QED) is 0.298. The first-order chi connectivity index (χ1) is 18.9. The summed E-state index contributed by atoms with van der Waals surface area (Å²) in [6.07, 6.45) is 4.33. The van der Waals surface area contributed by atoms with Crippen molar-refractivity contribution in [2.45, 2.75) is 74.5 Å². The zero-order valence-electron chi connectivity index (χ0n) is 22.3. The van der Waals surface area contributed by atoms with Crippen molar-refractivity contribution in [1.29, 1.82) is 0 Å². The summed E-state index contributed by atoms with van der Waals surface area (Å²) in [5, 5.41) is 1.02. The molecule has 1 aromatic carbocycles. The van der Waals surface area contributed by atoms with Crippen molar-refractivity contribution in [3.05, 3.63) is 56.7 Å². The molecule has 1 aliphatic rings. The van der Waals surface area contributed by atoms with E-state index in [1.54, 1.807) is 13.8 Å². The highest BCUT2D eigenvalue weighted by molar-refractivity contribution is 8.03. The standard InChI is InChI=1S/C27H36N6O4S2/c1-3-32-26(36)24-25(27(37)33(32)4-2)39-16-23(35)21(13-17-14-29-19-10-6-5-9-18(17)19)31-30-20(11-7-8-12-28)22(34)15-38-24/h5-6,9-10,14,20-21,29-31H,3-4,7-8,11-13,15-16,28H2,1-2H3/t20-,21-/m0/s1. The van der Waals surface area contributed by atoms with Gasteiger partial charge in [0.1, 0.15) is 0 Å². The Kier molecular flexibility index (Phi) is 10.2. The second kappa shape index (κ2) is 13.6. The Labute approximate surface area is 235 Å². The molecule has 5 N–H and O–H groups in total. The van der Waals surface area contributed by atoms with Gasteiger partial charge in [-0.05, 0) is 51.3 Å². The monoisotopic (exact) mass is 572 g/mol. The molecule has 0 unspecified atom stereocenters. The number of H-pyrrole nitrogens is 1. The van der Waals surface area contributed by atoms with Gasteiger partial charge in [0.2, 0.25) is 0 Å². The van der Waals surface area contributed by atoms with Crippen LogP contribution in [-0.2, 0) is 29.1 Å². The second-order valence-corrected chi connectivity index (χ2v) is 11.4. The van der Waals surface area contributed by atoms with Gasteiger partial charge in [-0.25, -0.2) is 20.2 Å². The highest BCUT2D eigenvalue weighted by Crippen LogP contribution is 2.27. The predicted octanol–water partition coefficient (Wildman–Crippen LogP) is 2.07. The molecule has 10 nitrogen and oxygen atoms in total. The highest BCUT2D eigenvalue weighted by atomic mass is 32.2. The fourth-order valence-corrected chi connectivity index (χ4v) is 7.02. The van der Waals surface area contributed by atoms with Crippen LogP contribution in [0.1, 0.15) is 38.7 Å². The number of fused-ring (bicyclic) bond motifs is 2. The molecule has 0 fully saturated rings. The Hall–Kier alpha value is -2.64. The number of hydrazine groups is 1. The minimum Gasteiger partial charge on any atom is -0.361 e. The number of thioether (sulfide) groups is 2. The molecule has 0 saturated heterocycles. The molecule has 210 valence electrons. The molecule has 2 atom stereocenters. The Morgan fingerprint density at radius 1 is 0.872 bits per heavy atom. The molecule has 0 spiro atoms. The number of unbranched alkanes of at least 4 members (excludes halogenated alkanes) is 1. The lowest BCUT2D eigenvalue weighted by molar-refractivity contribution is -0.121. The number of para-hydroxylation sites is 1. The van der Waals surface area contributed by atoms with Crippen LogP contribution < -0.4 is 27.7 Å². The lowest BCUT2D eigenvalue weighted by Gasteiger charge is -2.24. The molecular weight excluding hydrogens is 536 g/mol. The van der Waals surface area contributed by atoms with E-state index in [4.69, 9.17) is 5.73 Å². The van der Waals surface area contributed by atoms with E-state index in [1.165, 1.54) is 9.36 Å². The maximum absolute atomic E-state index is 13.6. The Bertz CT molecular complexity index is 1450. The van der Waals surface area contributed by atoms with Crippen molar-refractivity contribution in [2.75, 3.05) is 18.1 Å². The number of aromatic nitrogens is 3. The number of carbonyl (C=O) groups excluding carboxylic acids is 2. The molecule has 0 bridgehead atoms. The summed E-state index contributed by atoms with van der Waals surface area (Å²) >= 11 is 2.16. The normalized spacial score (nSPS) is 19.1. The lowest BCUT2D eigenvalue weighted by Crippen LogP contribution is -2.54. The number of nitrogens with two attached hydrogens (primary N) is 1. The number of hydrogen-bond acceptors (Lipinski definition) is 9. The maximum atomic E-state index is 13.6. The molecule has 3 aromatic rings. The Morgan fingerprint density at radius 2 is 1.46 bits per heavy atom. The minimum absolute atomic E-state index is 0.00951. The van der Waals surface area contributed by atoms with Crippen molar-refractivity contribution >= 4 is 46.0 Å². The first kappa shape index (κ1) is 29.3. The van der Waals surface area contributed by atoms with Crippen LogP contribution in [0.5, 0.6) is 0 Å². The number of carbonyl (C=O) groups is 2. The van der Waals surface area contributed by atoms with Crippen molar-refractivity contribution in [3.63, 3.8) is 0 Å². The summed E-state index contributed by atoms with van der Waals surface area (Å²) in [7, 11) is 0. The first-order valence-corrected chi connectivity index (χ1v) is 15.3.